The SMILES string of the molecule is Cc1ccc(S(=O)(=O)N[C@@](C)(C(=O)OCc2ccccc2)[C@@H](O)[C@@H]2COC(C)(C)O2)cc1. The van der Waals surface area contributed by atoms with Crippen molar-refractivity contribution >= 4 is 16.0 Å². The van der Waals surface area contributed by atoms with Crippen LogP contribution < -0.4 is 4.72 Å². The minimum absolute atomic E-state index is 0.0119. The van der Waals surface area contributed by atoms with Crippen molar-refractivity contribution in [2.45, 2.75) is 62.7 Å². The normalized spacial score (nSPS) is 21.0. The number of rotatable bonds is 8. The first-order valence-corrected chi connectivity index (χ1v) is 11.7. The lowest BCUT2D eigenvalue weighted by molar-refractivity contribution is -0.172. The van der Waals surface area contributed by atoms with Crippen LogP contribution in [0.15, 0.2) is 59.5 Å². The van der Waals surface area contributed by atoms with E-state index in [0.717, 1.165) is 11.1 Å². The lowest BCUT2D eigenvalue weighted by atomic mass is 9.92. The minimum atomic E-state index is -4.17. The van der Waals surface area contributed by atoms with Gasteiger partial charge in [-0.2, -0.15) is 4.72 Å². The number of ether oxygens (including phenoxy) is 3. The first kappa shape index (κ1) is 24.3. The Balaban J connectivity index is 1.89. The van der Waals surface area contributed by atoms with E-state index in [9.17, 15) is 18.3 Å². The quantitative estimate of drug-likeness (QED) is 0.578. The number of aliphatic hydroxyl groups excluding tert-OH is 1. The third kappa shape index (κ3) is 5.54. The van der Waals surface area contributed by atoms with E-state index in [-0.39, 0.29) is 18.1 Å². The summed E-state index contributed by atoms with van der Waals surface area (Å²) in [7, 11) is -4.17. The zero-order chi connectivity index (χ0) is 23.6. The number of benzene rings is 2. The van der Waals surface area contributed by atoms with E-state index in [2.05, 4.69) is 4.72 Å². The van der Waals surface area contributed by atoms with Crippen LogP contribution in [0.3, 0.4) is 0 Å². The van der Waals surface area contributed by atoms with Crippen LogP contribution in [0.25, 0.3) is 0 Å². The second-order valence-electron chi connectivity index (χ2n) is 8.49. The molecule has 1 fully saturated rings. The number of sulfonamides is 1. The van der Waals surface area contributed by atoms with E-state index in [1.165, 1.54) is 19.1 Å². The average molecular weight is 464 g/mol. The Hall–Kier alpha value is -2.30. The molecule has 1 heterocycles. The van der Waals surface area contributed by atoms with Crippen molar-refractivity contribution in [3.8, 4) is 0 Å². The molecule has 0 radical (unpaired) electrons. The van der Waals surface area contributed by atoms with Crippen LogP contribution in [-0.4, -0.2) is 49.6 Å². The molecular formula is C23H29NO7S. The summed E-state index contributed by atoms with van der Waals surface area (Å²) < 4.78 is 45.1. The van der Waals surface area contributed by atoms with Gasteiger partial charge in [-0.3, -0.25) is 0 Å². The molecule has 9 heteroatoms. The highest BCUT2D eigenvalue weighted by molar-refractivity contribution is 7.89. The Labute approximate surface area is 188 Å². The number of aryl methyl sites for hydroxylation is 1. The molecule has 0 spiro atoms. The lowest BCUT2D eigenvalue weighted by Gasteiger charge is -2.35. The highest BCUT2D eigenvalue weighted by Gasteiger charge is 2.52. The third-order valence-electron chi connectivity index (χ3n) is 5.29. The molecule has 2 N–H and O–H groups in total. The standard InChI is InChI=1S/C23H29NO7S/c1-16-10-12-18(13-11-16)32(27,28)24-23(4,20(25)19-15-30-22(2,3)31-19)21(26)29-14-17-8-6-5-7-9-17/h5-13,19-20,24-25H,14-15H2,1-4H3/t19-,20-,23+/m0/s1. The topological polar surface area (TPSA) is 111 Å². The van der Waals surface area contributed by atoms with Crippen LogP contribution in [-0.2, 0) is 35.6 Å². The molecule has 0 aromatic heterocycles. The molecule has 8 nitrogen and oxygen atoms in total. The van der Waals surface area contributed by atoms with Gasteiger partial charge in [0.2, 0.25) is 10.0 Å². The Bertz CT molecular complexity index is 1040. The first-order valence-electron chi connectivity index (χ1n) is 10.2. The fourth-order valence-electron chi connectivity index (χ4n) is 3.39. The summed E-state index contributed by atoms with van der Waals surface area (Å²) in [6, 6.07) is 15.1. The van der Waals surface area contributed by atoms with Gasteiger partial charge in [-0.25, -0.2) is 13.2 Å². The second kappa shape index (κ2) is 9.29. The summed E-state index contributed by atoms with van der Waals surface area (Å²) >= 11 is 0. The van der Waals surface area contributed by atoms with E-state index < -0.39 is 39.5 Å². The number of carbonyl (C=O) groups excluding carboxylic acids is 1. The summed E-state index contributed by atoms with van der Waals surface area (Å²) in [4.78, 5) is 13.1. The van der Waals surface area contributed by atoms with E-state index in [1.54, 1.807) is 50.2 Å². The Kier molecular flexibility index (Phi) is 7.06. The molecule has 3 rings (SSSR count). The molecule has 32 heavy (non-hydrogen) atoms. The maximum absolute atomic E-state index is 13.2. The maximum Gasteiger partial charge on any atom is 0.330 e. The highest BCUT2D eigenvalue weighted by Crippen LogP contribution is 2.30. The fourth-order valence-corrected chi connectivity index (χ4v) is 4.77. The molecule has 2 aromatic carbocycles. The van der Waals surface area contributed by atoms with Gasteiger partial charge >= 0.3 is 5.97 Å². The van der Waals surface area contributed by atoms with E-state index in [4.69, 9.17) is 14.2 Å². The van der Waals surface area contributed by atoms with Crippen molar-refractivity contribution in [2.24, 2.45) is 0 Å². The Morgan fingerprint density at radius 1 is 1.22 bits per heavy atom. The van der Waals surface area contributed by atoms with Crippen molar-refractivity contribution in [2.75, 3.05) is 6.61 Å². The van der Waals surface area contributed by atoms with Crippen molar-refractivity contribution in [3.05, 3.63) is 65.7 Å². The second-order valence-corrected chi connectivity index (χ2v) is 10.2. The number of nitrogens with one attached hydrogen (secondary N) is 1. The number of hydrogen-bond acceptors (Lipinski definition) is 7. The molecule has 0 saturated carbocycles. The van der Waals surface area contributed by atoms with Crippen LogP contribution in [0.1, 0.15) is 31.9 Å². The van der Waals surface area contributed by atoms with Crippen LogP contribution >= 0.6 is 0 Å². The van der Waals surface area contributed by atoms with Gasteiger partial charge in [0.1, 0.15) is 18.8 Å². The van der Waals surface area contributed by atoms with Crippen LogP contribution in [0.4, 0.5) is 0 Å². The zero-order valence-electron chi connectivity index (χ0n) is 18.6. The molecule has 1 aliphatic heterocycles. The first-order chi connectivity index (χ1) is 14.9. The molecule has 174 valence electrons. The Morgan fingerprint density at radius 3 is 2.41 bits per heavy atom. The number of esters is 1. The summed E-state index contributed by atoms with van der Waals surface area (Å²) in [5.41, 5.74) is -0.430. The number of aliphatic hydroxyl groups is 1. The molecular weight excluding hydrogens is 434 g/mol. The van der Waals surface area contributed by atoms with Crippen molar-refractivity contribution in [3.63, 3.8) is 0 Å². The zero-order valence-corrected chi connectivity index (χ0v) is 19.4. The molecule has 3 atom stereocenters. The fraction of sp³-hybridized carbons (Fsp3) is 0.435. The predicted octanol–water partition coefficient (Wildman–Crippen LogP) is 2.29. The molecule has 1 saturated heterocycles. The molecule has 0 bridgehead atoms. The van der Waals surface area contributed by atoms with Crippen molar-refractivity contribution in [1.82, 2.24) is 4.72 Å². The molecule has 2 aromatic rings. The monoisotopic (exact) mass is 463 g/mol. The number of hydrogen-bond donors (Lipinski definition) is 2. The van der Waals surface area contributed by atoms with Crippen molar-refractivity contribution in [1.29, 1.82) is 0 Å². The van der Waals surface area contributed by atoms with Gasteiger partial charge in [-0.05, 0) is 45.4 Å². The van der Waals surface area contributed by atoms with Crippen LogP contribution in [0.5, 0.6) is 0 Å². The molecule has 1 aliphatic rings. The van der Waals surface area contributed by atoms with Crippen LogP contribution in [0.2, 0.25) is 0 Å². The summed E-state index contributed by atoms with van der Waals surface area (Å²) in [5.74, 6) is -1.91. The van der Waals surface area contributed by atoms with E-state index >= 15 is 0 Å². The van der Waals surface area contributed by atoms with E-state index in [0.29, 0.717) is 0 Å². The van der Waals surface area contributed by atoms with Gasteiger partial charge < -0.3 is 19.3 Å². The van der Waals surface area contributed by atoms with Gasteiger partial charge in [0, 0.05) is 0 Å². The predicted molar refractivity (Wildman–Crippen MR) is 117 cm³/mol. The van der Waals surface area contributed by atoms with Gasteiger partial charge in [0.15, 0.2) is 11.3 Å². The maximum atomic E-state index is 13.2. The minimum Gasteiger partial charge on any atom is -0.459 e. The van der Waals surface area contributed by atoms with E-state index in [1.807, 2.05) is 13.0 Å². The smallest absolute Gasteiger partial charge is 0.330 e. The molecule has 0 amide bonds. The van der Waals surface area contributed by atoms with Crippen LogP contribution in [0, 0.1) is 6.92 Å². The summed E-state index contributed by atoms with van der Waals surface area (Å²) in [6.45, 7) is 6.36. The van der Waals surface area contributed by atoms with Gasteiger partial charge in [0.05, 0.1) is 11.5 Å². The highest BCUT2D eigenvalue weighted by atomic mass is 32.2. The largest absolute Gasteiger partial charge is 0.459 e. The number of carbonyl (C=O) groups is 1. The molecule has 0 aliphatic carbocycles. The van der Waals surface area contributed by atoms with Crippen molar-refractivity contribution < 1.29 is 32.5 Å². The lowest BCUT2D eigenvalue weighted by Crippen LogP contribution is -2.64. The Morgan fingerprint density at radius 2 is 1.84 bits per heavy atom. The van der Waals surface area contributed by atoms with Gasteiger partial charge in [-0.1, -0.05) is 48.0 Å². The average Bonchev–Trinajstić information content (AvgIpc) is 3.11. The summed E-state index contributed by atoms with van der Waals surface area (Å²) in [5, 5.41) is 11.1. The summed E-state index contributed by atoms with van der Waals surface area (Å²) in [6.07, 6.45) is -2.52. The third-order valence-corrected chi connectivity index (χ3v) is 6.87. The van der Waals surface area contributed by atoms with Gasteiger partial charge in [-0.15, -0.1) is 0 Å². The molecule has 0 unspecified atom stereocenters. The van der Waals surface area contributed by atoms with Gasteiger partial charge in [0.25, 0.3) is 0 Å².